The van der Waals surface area contributed by atoms with Crippen LogP contribution < -0.4 is 0 Å². The largest absolute Gasteiger partial charge is 0.390 e. The molecule has 0 radical (unpaired) electrons. The molecule has 0 aromatic heterocycles. The summed E-state index contributed by atoms with van der Waals surface area (Å²) >= 11 is 0. The Bertz CT molecular complexity index is 637. The normalized spacial score (nSPS) is 56.5. The van der Waals surface area contributed by atoms with Crippen LogP contribution >= 0.6 is 0 Å². The van der Waals surface area contributed by atoms with E-state index in [0.717, 1.165) is 38.0 Å². The van der Waals surface area contributed by atoms with Crippen molar-refractivity contribution in [1.29, 1.82) is 0 Å². The Balaban J connectivity index is 1.50. The molecule has 5 aliphatic rings. The molecule has 1 N–H and O–H groups in total. The summed E-state index contributed by atoms with van der Waals surface area (Å²) in [4.78, 5) is 11.9. The van der Waals surface area contributed by atoms with E-state index in [2.05, 4.69) is 13.8 Å². The van der Waals surface area contributed by atoms with Gasteiger partial charge in [0.1, 0.15) is 5.60 Å². The Kier molecular flexibility index (Phi) is 2.94. The highest BCUT2D eigenvalue weighted by Crippen LogP contribution is 2.74. The zero-order chi connectivity index (χ0) is 16.9. The number of epoxide rings is 1. The Morgan fingerprint density at radius 1 is 1.21 bits per heavy atom. The first-order chi connectivity index (χ1) is 11.3. The summed E-state index contributed by atoms with van der Waals surface area (Å²) < 4.78 is 6.09. The van der Waals surface area contributed by atoms with Crippen LogP contribution in [0.25, 0.3) is 0 Å². The molecular weight excluding hydrogens is 300 g/mol. The quantitative estimate of drug-likeness (QED) is 0.747. The van der Waals surface area contributed by atoms with E-state index < -0.39 is 0 Å². The molecule has 4 aliphatic carbocycles. The van der Waals surface area contributed by atoms with Crippen molar-refractivity contribution in [3.63, 3.8) is 0 Å². The lowest BCUT2D eigenvalue weighted by molar-refractivity contribution is -0.121. The van der Waals surface area contributed by atoms with Crippen LogP contribution in [0, 0.1) is 28.6 Å². The first-order valence-corrected chi connectivity index (χ1v) is 9.93. The van der Waals surface area contributed by atoms with Gasteiger partial charge in [0.05, 0.1) is 12.2 Å². The fraction of sp³-hybridized carbons (Fsp3) is 0.857. The molecule has 1 heterocycles. The Hall–Kier alpha value is -0.670. The molecule has 1 aliphatic heterocycles. The number of rotatable bonds is 1. The zero-order valence-electron chi connectivity index (χ0n) is 15.2. The molecule has 3 nitrogen and oxygen atoms in total. The van der Waals surface area contributed by atoms with E-state index in [1.807, 2.05) is 13.0 Å². The molecule has 0 aromatic carbocycles. The molecule has 4 fully saturated rings. The van der Waals surface area contributed by atoms with Gasteiger partial charge in [0.2, 0.25) is 0 Å². The van der Waals surface area contributed by atoms with Gasteiger partial charge in [-0.25, -0.2) is 0 Å². The third-order valence-electron chi connectivity index (χ3n) is 9.09. The number of ether oxygens (including phenoxy) is 1. The number of hydrogen-bond donors (Lipinski definition) is 1. The van der Waals surface area contributed by atoms with Gasteiger partial charge in [-0.2, -0.15) is 0 Å². The van der Waals surface area contributed by atoms with Gasteiger partial charge in [-0.15, -0.1) is 0 Å². The van der Waals surface area contributed by atoms with Crippen LogP contribution in [0.4, 0.5) is 0 Å². The van der Waals surface area contributed by atoms with Gasteiger partial charge in [-0.05, 0) is 74.7 Å². The summed E-state index contributed by atoms with van der Waals surface area (Å²) in [6, 6.07) is 0. The number of allylic oxidation sites excluding steroid dienone is 1. The third kappa shape index (κ3) is 1.60. The van der Waals surface area contributed by atoms with Crippen LogP contribution in [0.2, 0.25) is 0 Å². The summed E-state index contributed by atoms with van der Waals surface area (Å²) in [7, 11) is 0. The van der Waals surface area contributed by atoms with Crippen molar-refractivity contribution in [3.05, 3.63) is 11.6 Å². The van der Waals surface area contributed by atoms with E-state index in [9.17, 15) is 9.90 Å². The van der Waals surface area contributed by atoms with Crippen LogP contribution in [-0.2, 0) is 9.53 Å². The van der Waals surface area contributed by atoms with E-state index in [4.69, 9.17) is 4.74 Å². The van der Waals surface area contributed by atoms with E-state index in [1.54, 1.807) is 0 Å². The summed E-state index contributed by atoms with van der Waals surface area (Å²) in [5.41, 5.74) is 1.55. The molecule has 0 amide bonds. The first-order valence-electron chi connectivity index (χ1n) is 9.93. The minimum absolute atomic E-state index is 0.134. The second-order valence-corrected chi connectivity index (χ2v) is 9.74. The molecule has 8 atom stereocenters. The van der Waals surface area contributed by atoms with Gasteiger partial charge < -0.3 is 9.84 Å². The Labute approximate surface area is 144 Å². The summed E-state index contributed by atoms with van der Waals surface area (Å²) in [6.07, 6.45) is 9.53. The van der Waals surface area contributed by atoms with Crippen LogP contribution in [0.15, 0.2) is 11.6 Å². The van der Waals surface area contributed by atoms with Gasteiger partial charge >= 0.3 is 0 Å². The monoisotopic (exact) mass is 330 g/mol. The van der Waals surface area contributed by atoms with Gasteiger partial charge in [0.25, 0.3) is 0 Å². The maximum Gasteiger partial charge on any atom is 0.155 e. The minimum Gasteiger partial charge on any atom is -0.390 e. The number of hydrogen-bond acceptors (Lipinski definition) is 3. The van der Waals surface area contributed by atoms with Crippen molar-refractivity contribution in [3.8, 4) is 0 Å². The van der Waals surface area contributed by atoms with E-state index >= 15 is 0 Å². The van der Waals surface area contributed by atoms with Crippen LogP contribution in [0.1, 0.15) is 65.7 Å². The molecule has 24 heavy (non-hydrogen) atoms. The predicted octanol–water partition coefficient (Wildman–Crippen LogP) is 3.65. The average molecular weight is 330 g/mol. The smallest absolute Gasteiger partial charge is 0.155 e. The number of fused-ring (bicyclic) bond motifs is 7. The molecular formula is C21H30O3. The highest BCUT2D eigenvalue weighted by molar-refractivity contribution is 5.91. The fourth-order valence-electron chi connectivity index (χ4n) is 7.80. The maximum absolute atomic E-state index is 11.9. The van der Waals surface area contributed by atoms with E-state index in [0.29, 0.717) is 17.6 Å². The van der Waals surface area contributed by atoms with E-state index in [-0.39, 0.29) is 28.6 Å². The number of ketones is 1. The third-order valence-corrected chi connectivity index (χ3v) is 9.09. The lowest BCUT2D eigenvalue weighted by Crippen LogP contribution is -2.55. The van der Waals surface area contributed by atoms with Crippen molar-refractivity contribution in [2.75, 3.05) is 0 Å². The topological polar surface area (TPSA) is 49.8 Å². The highest BCUT2D eigenvalue weighted by Gasteiger charge is 2.78. The second-order valence-electron chi connectivity index (χ2n) is 9.74. The number of carbonyl (C=O) groups excluding carboxylic acids is 1. The SMILES string of the molecule is C[C@@H](O)[C@@]12O[C@@H]1C[C@H]1[C@@H]3CCC4=CC(=O)CC[C@]4(C)[C@H]3CC[C@@]12C. The van der Waals surface area contributed by atoms with Gasteiger partial charge in [-0.3, -0.25) is 4.79 Å². The first kappa shape index (κ1) is 15.6. The molecule has 132 valence electrons. The van der Waals surface area contributed by atoms with Gasteiger partial charge in [0.15, 0.2) is 5.78 Å². The fourth-order valence-corrected chi connectivity index (χ4v) is 7.80. The maximum atomic E-state index is 11.9. The number of carbonyl (C=O) groups is 1. The molecule has 0 unspecified atom stereocenters. The van der Waals surface area contributed by atoms with Crippen molar-refractivity contribution in [2.45, 2.75) is 83.5 Å². The Morgan fingerprint density at radius 3 is 2.75 bits per heavy atom. The highest BCUT2D eigenvalue weighted by atomic mass is 16.6. The molecule has 1 saturated heterocycles. The summed E-state index contributed by atoms with van der Waals surface area (Å²) in [5.74, 6) is 2.48. The van der Waals surface area contributed by atoms with Crippen LogP contribution in [0.5, 0.6) is 0 Å². The minimum atomic E-state index is -0.365. The van der Waals surface area contributed by atoms with Gasteiger partial charge in [0, 0.05) is 11.8 Å². The molecule has 0 aromatic rings. The molecule has 0 spiro atoms. The van der Waals surface area contributed by atoms with Crippen molar-refractivity contribution in [1.82, 2.24) is 0 Å². The van der Waals surface area contributed by atoms with Crippen molar-refractivity contribution in [2.24, 2.45) is 28.6 Å². The molecule has 3 saturated carbocycles. The summed E-state index contributed by atoms with van der Waals surface area (Å²) in [6.45, 7) is 6.75. The molecule has 5 rings (SSSR count). The van der Waals surface area contributed by atoms with Crippen LogP contribution in [0.3, 0.4) is 0 Å². The van der Waals surface area contributed by atoms with Crippen molar-refractivity contribution >= 4 is 5.78 Å². The predicted molar refractivity (Wildman–Crippen MR) is 91.4 cm³/mol. The van der Waals surface area contributed by atoms with Crippen molar-refractivity contribution < 1.29 is 14.6 Å². The van der Waals surface area contributed by atoms with Gasteiger partial charge in [-0.1, -0.05) is 19.4 Å². The zero-order valence-corrected chi connectivity index (χ0v) is 15.2. The second kappa shape index (κ2) is 4.54. The summed E-state index contributed by atoms with van der Waals surface area (Å²) in [5, 5.41) is 10.4. The Morgan fingerprint density at radius 2 is 2.00 bits per heavy atom. The lowest BCUT2D eigenvalue weighted by atomic mass is 9.46. The molecule has 0 bridgehead atoms. The number of aliphatic hydroxyl groups is 1. The molecule has 3 heteroatoms. The average Bonchev–Trinajstić information content (AvgIpc) is 3.21. The number of aliphatic hydroxyl groups excluding tert-OH is 1. The standard InChI is InChI=1S/C21H30O3/c1-12(22)21-18(24-21)11-17-15-5-4-13-10-14(23)6-8-19(13,2)16(15)7-9-20(17,21)3/h10,12,15-18,22H,4-9,11H2,1-3H3/t12-,15-,16+,17+,18-,19+,20+,21-/m1/s1. The van der Waals surface area contributed by atoms with Crippen LogP contribution in [-0.4, -0.2) is 28.7 Å². The van der Waals surface area contributed by atoms with E-state index in [1.165, 1.54) is 18.4 Å². The lowest BCUT2D eigenvalue weighted by Gasteiger charge is -2.58.